The Morgan fingerprint density at radius 1 is 1.56 bits per heavy atom. The molecule has 102 valence electrons. The summed E-state index contributed by atoms with van der Waals surface area (Å²) in [6.07, 6.45) is 3.30. The highest BCUT2D eigenvalue weighted by atomic mass is 35.5. The Labute approximate surface area is 117 Å². The summed E-state index contributed by atoms with van der Waals surface area (Å²) in [6, 6.07) is 2.29. The lowest BCUT2D eigenvalue weighted by molar-refractivity contribution is 0.475. The Balaban J connectivity index is 1.95. The van der Waals surface area contributed by atoms with Gasteiger partial charge >= 0.3 is 0 Å². The molecule has 0 radical (unpaired) electrons. The molecule has 0 spiro atoms. The van der Waals surface area contributed by atoms with Gasteiger partial charge in [-0.25, -0.2) is 8.42 Å². The molecular formula is C12H18ClNO2S2. The molecule has 0 saturated heterocycles. The monoisotopic (exact) mass is 307 g/mol. The number of hydrogen-bond acceptors (Lipinski definition) is 4. The maximum Gasteiger partial charge on any atom is 0.151 e. The van der Waals surface area contributed by atoms with E-state index < -0.39 is 9.84 Å². The molecule has 0 aliphatic heterocycles. The summed E-state index contributed by atoms with van der Waals surface area (Å²) in [7, 11) is -2.88. The first kappa shape index (κ1) is 14.3. The molecule has 0 aromatic carbocycles. The van der Waals surface area contributed by atoms with Crippen molar-refractivity contribution in [3.05, 3.63) is 20.8 Å². The number of nitrogens with one attached hydrogen (secondary N) is 1. The van der Waals surface area contributed by atoms with Crippen LogP contribution in [0.25, 0.3) is 0 Å². The van der Waals surface area contributed by atoms with Crippen LogP contribution < -0.4 is 5.32 Å². The van der Waals surface area contributed by atoms with Crippen LogP contribution in [0.5, 0.6) is 0 Å². The quantitative estimate of drug-likeness (QED) is 0.910. The summed E-state index contributed by atoms with van der Waals surface area (Å²) in [5, 5.41) is 3.35. The van der Waals surface area contributed by atoms with E-state index >= 15 is 0 Å². The number of rotatable bonds is 5. The third-order valence-electron chi connectivity index (χ3n) is 3.33. The highest BCUT2D eigenvalue weighted by Gasteiger charge is 2.22. The van der Waals surface area contributed by atoms with Crippen LogP contribution in [0.1, 0.15) is 36.2 Å². The lowest BCUT2D eigenvalue weighted by Gasteiger charge is -2.23. The van der Waals surface area contributed by atoms with Gasteiger partial charge < -0.3 is 5.32 Å². The van der Waals surface area contributed by atoms with Crippen LogP contribution in [-0.2, 0) is 16.3 Å². The summed E-state index contributed by atoms with van der Waals surface area (Å²) in [5.41, 5.74) is 1.27. The number of hydrogen-bond donors (Lipinski definition) is 1. The van der Waals surface area contributed by atoms with Crippen LogP contribution in [0.3, 0.4) is 0 Å². The molecule has 1 atom stereocenters. The van der Waals surface area contributed by atoms with Gasteiger partial charge in [-0.15, -0.1) is 11.3 Å². The van der Waals surface area contributed by atoms with E-state index in [9.17, 15) is 8.42 Å². The molecule has 1 aliphatic rings. The van der Waals surface area contributed by atoms with Gasteiger partial charge in [0, 0.05) is 23.2 Å². The van der Waals surface area contributed by atoms with Crippen LogP contribution >= 0.6 is 22.9 Å². The molecule has 1 heterocycles. The first-order chi connectivity index (χ1) is 8.52. The maximum absolute atomic E-state index is 11.4. The lowest BCUT2D eigenvalue weighted by atomic mass is 9.94. The minimum atomic E-state index is -2.88. The molecule has 1 N–H and O–H groups in total. The molecule has 1 unspecified atom stereocenters. The molecule has 0 saturated carbocycles. The van der Waals surface area contributed by atoms with E-state index in [0.717, 1.165) is 23.6 Å². The lowest BCUT2D eigenvalue weighted by Crippen LogP contribution is -2.29. The number of fused-ring (bicyclic) bond motifs is 1. The third-order valence-corrected chi connectivity index (χ3v) is 6.37. The van der Waals surface area contributed by atoms with E-state index in [2.05, 4.69) is 5.32 Å². The standard InChI is InChI=1S/C12H18ClNO2S2/c1-2-18(15,16)7-6-14-10-4-3-5-11-9(10)8-12(13)17-11/h8,10,14H,2-7H2,1H3. The van der Waals surface area contributed by atoms with Crippen molar-refractivity contribution in [2.75, 3.05) is 18.1 Å². The first-order valence-electron chi connectivity index (χ1n) is 6.24. The van der Waals surface area contributed by atoms with Gasteiger partial charge in [-0.1, -0.05) is 18.5 Å². The van der Waals surface area contributed by atoms with E-state index in [4.69, 9.17) is 11.6 Å². The maximum atomic E-state index is 11.4. The van der Waals surface area contributed by atoms with Crippen molar-refractivity contribution < 1.29 is 8.42 Å². The van der Waals surface area contributed by atoms with Crippen molar-refractivity contribution in [3.63, 3.8) is 0 Å². The Hall–Kier alpha value is -0.100. The second-order valence-electron chi connectivity index (χ2n) is 4.56. The molecule has 1 aromatic heterocycles. The van der Waals surface area contributed by atoms with Gasteiger partial charge in [-0.2, -0.15) is 0 Å². The molecule has 1 aliphatic carbocycles. The van der Waals surface area contributed by atoms with Gasteiger partial charge in [0.15, 0.2) is 9.84 Å². The Bertz CT molecular complexity index is 510. The second kappa shape index (κ2) is 5.90. The minimum absolute atomic E-state index is 0.215. The van der Waals surface area contributed by atoms with Crippen LogP contribution in [0, 0.1) is 0 Å². The van der Waals surface area contributed by atoms with Crippen LogP contribution in [0.2, 0.25) is 4.34 Å². The molecule has 18 heavy (non-hydrogen) atoms. The molecule has 0 bridgehead atoms. The van der Waals surface area contributed by atoms with Gasteiger partial charge in [0.05, 0.1) is 10.1 Å². The van der Waals surface area contributed by atoms with Gasteiger partial charge in [0.1, 0.15) is 0 Å². The molecule has 3 nitrogen and oxygen atoms in total. The summed E-state index contributed by atoms with van der Waals surface area (Å²) >= 11 is 7.68. The van der Waals surface area contributed by atoms with Crippen molar-refractivity contribution in [2.45, 2.75) is 32.2 Å². The summed E-state index contributed by atoms with van der Waals surface area (Å²) < 4.78 is 23.7. The number of thiophene rings is 1. The van der Waals surface area contributed by atoms with E-state index in [1.807, 2.05) is 6.07 Å². The fourth-order valence-corrected chi connectivity index (χ4v) is 4.37. The molecule has 0 amide bonds. The predicted molar refractivity (Wildman–Crippen MR) is 77.3 cm³/mol. The normalized spacial score (nSPS) is 19.8. The van der Waals surface area contributed by atoms with Crippen molar-refractivity contribution in [2.24, 2.45) is 0 Å². The zero-order valence-corrected chi connectivity index (χ0v) is 12.8. The number of halogens is 1. The van der Waals surface area contributed by atoms with Crippen LogP contribution in [0.15, 0.2) is 6.07 Å². The zero-order chi connectivity index (χ0) is 13.2. The topological polar surface area (TPSA) is 46.2 Å². The Morgan fingerprint density at radius 2 is 2.33 bits per heavy atom. The van der Waals surface area contributed by atoms with E-state index in [0.29, 0.717) is 6.54 Å². The van der Waals surface area contributed by atoms with E-state index in [1.165, 1.54) is 10.4 Å². The average molecular weight is 308 g/mol. The summed E-state index contributed by atoms with van der Waals surface area (Å²) in [4.78, 5) is 1.35. The zero-order valence-electron chi connectivity index (χ0n) is 10.4. The average Bonchev–Trinajstić information content (AvgIpc) is 2.70. The first-order valence-corrected chi connectivity index (χ1v) is 9.25. The van der Waals surface area contributed by atoms with Crippen molar-refractivity contribution in [1.29, 1.82) is 0 Å². The van der Waals surface area contributed by atoms with E-state index in [-0.39, 0.29) is 17.5 Å². The Kier molecular flexibility index (Phi) is 4.69. The van der Waals surface area contributed by atoms with Gasteiger partial charge in [-0.05, 0) is 30.9 Å². The largest absolute Gasteiger partial charge is 0.309 e. The van der Waals surface area contributed by atoms with E-state index in [1.54, 1.807) is 18.3 Å². The highest BCUT2D eigenvalue weighted by molar-refractivity contribution is 7.91. The molecule has 0 fully saturated rings. The molecular weight excluding hydrogens is 290 g/mol. The van der Waals surface area contributed by atoms with Crippen molar-refractivity contribution >= 4 is 32.8 Å². The van der Waals surface area contributed by atoms with Gasteiger partial charge in [-0.3, -0.25) is 0 Å². The summed E-state index contributed by atoms with van der Waals surface area (Å²) in [5.74, 6) is 0.433. The van der Waals surface area contributed by atoms with Crippen molar-refractivity contribution in [1.82, 2.24) is 5.32 Å². The van der Waals surface area contributed by atoms with Crippen LogP contribution in [0.4, 0.5) is 0 Å². The fraction of sp³-hybridized carbons (Fsp3) is 0.667. The predicted octanol–water partition coefficient (Wildman–Crippen LogP) is 2.80. The molecule has 6 heteroatoms. The number of sulfone groups is 1. The van der Waals surface area contributed by atoms with Gasteiger partial charge in [0.2, 0.25) is 0 Å². The minimum Gasteiger partial charge on any atom is -0.309 e. The SMILES string of the molecule is CCS(=O)(=O)CCNC1CCCc2sc(Cl)cc21. The smallest absolute Gasteiger partial charge is 0.151 e. The molecule has 2 rings (SSSR count). The second-order valence-corrected chi connectivity index (χ2v) is 8.81. The molecule has 1 aromatic rings. The van der Waals surface area contributed by atoms with Crippen molar-refractivity contribution in [3.8, 4) is 0 Å². The summed E-state index contributed by atoms with van der Waals surface area (Å²) in [6.45, 7) is 2.21. The third kappa shape index (κ3) is 3.47. The Morgan fingerprint density at radius 3 is 3.06 bits per heavy atom. The van der Waals surface area contributed by atoms with Crippen LogP contribution in [-0.4, -0.2) is 26.5 Å². The fourth-order valence-electron chi connectivity index (χ4n) is 2.27. The highest BCUT2D eigenvalue weighted by Crippen LogP contribution is 2.37. The number of aryl methyl sites for hydroxylation is 1. The van der Waals surface area contributed by atoms with Gasteiger partial charge in [0.25, 0.3) is 0 Å².